The summed E-state index contributed by atoms with van der Waals surface area (Å²) in [7, 11) is 0. The van der Waals surface area contributed by atoms with Gasteiger partial charge in [-0.2, -0.15) is 0 Å². The molecule has 0 aromatic heterocycles. The number of phenolic OH excluding ortho intramolecular Hbond substituents is 1. The van der Waals surface area contributed by atoms with E-state index in [0.29, 0.717) is 0 Å². The summed E-state index contributed by atoms with van der Waals surface area (Å²) in [5.41, 5.74) is -1.14. The summed E-state index contributed by atoms with van der Waals surface area (Å²) < 4.78 is 0. The smallest absolute Gasteiger partial charge is 0.177 e. The minimum Gasteiger partial charge on any atom is -0.507 e. The second kappa shape index (κ2) is 4.42. The zero-order valence-corrected chi connectivity index (χ0v) is 8.47. The first-order chi connectivity index (χ1) is 7.05. The van der Waals surface area contributed by atoms with Crippen LogP contribution in [0.15, 0.2) is 24.3 Å². The fourth-order valence-corrected chi connectivity index (χ4v) is 1.18. The van der Waals surface area contributed by atoms with Gasteiger partial charge in [-0.1, -0.05) is 12.1 Å². The van der Waals surface area contributed by atoms with E-state index in [0.717, 1.165) is 0 Å². The molecule has 0 aliphatic carbocycles. The Morgan fingerprint density at radius 2 is 1.80 bits per heavy atom. The van der Waals surface area contributed by atoms with Gasteiger partial charge in [-0.25, -0.2) is 0 Å². The molecule has 0 saturated carbocycles. The third kappa shape index (κ3) is 2.16. The van der Waals surface area contributed by atoms with Gasteiger partial charge in [0.25, 0.3) is 0 Å². The Morgan fingerprint density at radius 1 is 1.27 bits per heavy atom. The van der Waals surface area contributed by atoms with Crippen LogP contribution in [0.1, 0.15) is 17.3 Å². The van der Waals surface area contributed by atoms with Crippen molar-refractivity contribution >= 4 is 5.78 Å². The van der Waals surface area contributed by atoms with Crippen molar-refractivity contribution in [3.05, 3.63) is 29.8 Å². The normalized spacial score (nSPS) is 11.4. The fourth-order valence-electron chi connectivity index (χ4n) is 1.18. The number of para-hydroxylation sites is 1. The summed E-state index contributed by atoms with van der Waals surface area (Å²) >= 11 is 0. The molecule has 4 heteroatoms. The molecule has 0 heterocycles. The highest BCUT2D eigenvalue weighted by Crippen LogP contribution is 2.26. The van der Waals surface area contributed by atoms with Crippen molar-refractivity contribution in [1.82, 2.24) is 0 Å². The maximum absolute atomic E-state index is 11.9. The maximum Gasteiger partial charge on any atom is 0.177 e. The van der Waals surface area contributed by atoms with Crippen molar-refractivity contribution in [3.63, 3.8) is 0 Å². The van der Waals surface area contributed by atoms with Crippen LogP contribution in [0.4, 0.5) is 0 Å². The Labute approximate surface area is 87.8 Å². The predicted octanol–water partition coefficient (Wildman–Crippen LogP) is 0.566. The first-order valence-corrected chi connectivity index (χ1v) is 4.59. The van der Waals surface area contributed by atoms with Crippen LogP contribution in [0.3, 0.4) is 0 Å². The van der Waals surface area contributed by atoms with Gasteiger partial charge >= 0.3 is 0 Å². The topological polar surface area (TPSA) is 77.8 Å². The van der Waals surface area contributed by atoms with Crippen molar-refractivity contribution in [2.45, 2.75) is 6.92 Å². The quantitative estimate of drug-likeness (QED) is 0.635. The van der Waals surface area contributed by atoms with Gasteiger partial charge in [-0.3, -0.25) is 4.79 Å². The minimum atomic E-state index is -1.25. The highest BCUT2D eigenvalue weighted by atomic mass is 16.3. The van der Waals surface area contributed by atoms with E-state index < -0.39 is 24.4 Å². The second-order valence-corrected chi connectivity index (χ2v) is 3.72. The lowest BCUT2D eigenvalue weighted by atomic mass is 9.83. The SMILES string of the molecule is CC(CO)(CO)C(=O)c1ccccc1O. The van der Waals surface area contributed by atoms with Gasteiger partial charge in [0.2, 0.25) is 0 Å². The van der Waals surface area contributed by atoms with Crippen molar-refractivity contribution in [1.29, 1.82) is 0 Å². The van der Waals surface area contributed by atoms with Gasteiger partial charge in [-0.15, -0.1) is 0 Å². The molecule has 15 heavy (non-hydrogen) atoms. The third-order valence-electron chi connectivity index (χ3n) is 2.39. The molecule has 0 radical (unpaired) electrons. The molecular formula is C11H14O4. The number of Topliss-reactive ketones (excluding diaryl/α,β-unsaturated/α-hetero) is 1. The first-order valence-electron chi connectivity index (χ1n) is 4.59. The Balaban J connectivity index is 3.09. The number of aliphatic hydroxyl groups is 2. The summed E-state index contributed by atoms with van der Waals surface area (Å²) in [6.45, 7) is 0.523. The van der Waals surface area contributed by atoms with Crippen LogP contribution in [-0.2, 0) is 0 Å². The van der Waals surface area contributed by atoms with Crippen LogP contribution in [0.25, 0.3) is 0 Å². The highest BCUT2D eigenvalue weighted by molar-refractivity contribution is 6.02. The van der Waals surface area contributed by atoms with Gasteiger partial charge in [0.05, 0.1) is 24.2 Å². The average molecular weight is 210 g/mol. The van der Waals surface area contributed by atoms with Crippen LogP contribution in [-0.4, -0.2) is 34.3 Å². The number of rotatable bonds is 4. The molecule has 1 aromatic carbocycles. The van der Waals surface area contributed by atoms with E-state index in [1.54, 1.807) is 12.1 Å². The molecule has 0 spiro atoms. The monoisotopic (exact) mass is 210 g/mol. The molecule has 82 valence electrons. The number of carbonyl (C=O) groups excluding carboxylic acids is 1. The molecule has 0 aliphatic rings. The highest BCUT2D eigenvalue weighted by Gasteiger charge is 2.33. The molecule has 0 fully saturated rings. The lowest BCUT2D eigenvalue weighted by Crippen LogP contribution is -2.35. The van der Waals surface area contributed by atoms with E-state index in [9.17, 15) is 9.90 Å². The third-order valence-corrected chi connectivity index (χ3v) is 2.39. The molecule has 0 aliphatic heterocycles. The van der Waals surface area contributed by atoms with Gasteiger partial charge < -0.3 is 15.3 Å². The summed E-state index contributed by atoms with van der Waals surface area (Å²) in [6.07, 6.45) is 0. The van der Waals surface area contributed by atoms with Crippen LogP contribution in [0.5, 0.6) is 5.75 Å². The van der Waals surface area contributed by atoms with Crippen molar-refractivity contribution in [2.75, 3.05) is 13.2 Å². The predicted molar refractivity (Wildman–Crippen MR) is 54.7 cm³/mol. The van der Waals surface area contributed by atoms with E-state index in [4.69, 9.17) is 10.2 Å². The van der Waals surface area contributed by atoms with E-state index >= 15 is 0 Å². The molecule has 0 bridgehead atoms. The number of benzene rings is 1. The summed E-state index contributed by atoms with van der Waals surface area (Å²) in [6, 6.07) is 6.06. The first kappa shape index (κ1) is 11.7. The van der Waals surface area contributed by atoms with Gasteiger partial charge in [0.1, 0.15) is 5.75 Å². The number of phenols is 1. The average Bonchev–Trinajstić information content (AvgIpc) is 2.28. The van der Waals surface area contributed by atoms with E-state index in [1.807, 2.05) is 0 Å². The zero-order valence-electron chi connectivity index (χ0n) is 8.47. The Kier molecular flexibility index (Phi) is 3.44. The van der Waals surface area contributed by atoms with Gasteiger partial charge in [0.15, 0.2) is 5.78 Å². The summed E-state index contributed by atoms with van der Waals surface area (Å²) in [5, 5.41) is 27.5. The molecule has 0 unspecified atom stereocenters. The molecule has 0 saturated heterocycles. The number of aromatic hydroxyl groups is 1. The number of aliphatic hydroxyl groups excluding tert-OH is 2. The van der Waals surface area contributed by atoms with Gasteiger partial charge in [-0.05, 0) is 19.1 Å². The maximum atomic E-state index is 11.9. The zero-order chi connectivity index (χ0) is 11.5. The molecule has 1 rings (SSSR count). The minimum absolute atomic E-state index is 0.114. The molecule has 3 N–H and O–H groups in total. The Morgan fingerprint density at radius 3 is 2.27 bits per heavy atom. The lowest BCUT2D eigenvalue weighted by molar-refractivity contribution is 0.0479. The largest absolute Gasteiger partial charge is 0.507 e. The van der Waals surface area contributed by atoms with E-state index in [2.05, 4.69) is 0 Å². The fraction of sp³-hybridized carbons (Fsp3) is 0.364. The van der Waals surface area contributed by atoms with E-state index in [1.165, 1.54) is 19.1 Å². The van der Waals surface area contributed by atoms with E-state index in [-0.39, 0.29) is 11.3 Å². The summed E-state index contributed by atoms with van der Waals surface area (Å²) in [5.74, 6) is -0.610. The van der Waals surface area contributed by atoms with Crippen LogP contribution < -0.4 is 0 Å². The Hall–Kier alpha value is -1.39. The standard InChI is InChI=1S/C11H14O4/c1-11(6-12,7-13)10(15)8-4-2-3-5-9(8)14/h2-5,12-14H,6-7H2,1H3. The van der Waals surface area contributed by atoms with Crippen LogP contribution in [0, 0.1) is 5.41 Å². The van der Waals surface area contributed by atoms with Crippen molar-refractivity contribution < 1.29 is 20.1 Å². The van der Waals surface area contributed by atoms with Crippen molar-refractivity contribution in [2.24, 2.45) is 5.41 Å². The van der Waals surface area contributed by atoms with Crippen LogP contribution >= 0.6 is 0 Å². The van der Waals surface area contributed by atoms with Crippen LogP contribution in [0.2, 0.25) is 0 Å². The second-order valence-electron chi connectivity index (χ2n) is 3.72. The molecule has 1 aromatic rings. The number of hydrogen-bond acceptors (Lipinski definition) is 4. The molecule has 4 nitrogen and oxygen atoms in total. The molecular weight excluding hydrogens is 196 g/mol. The number of ketones is 1. The lowest BCUT2D eigenvalue weighted by Gasteiger charge is -2.23. The van der Waals surface area contributed by atoms with Crippen molar-refractivity contribution in [3.8, 4) is 5.75 Å². The molecule has 0 amide bonds. The summed E-state index contributed by atoms with van der Waals surface area (Å²) in [4.78, 5) is 11.9. The van der Waals surface area contributed by atoms with Gasteiger partial charge in [0, 0.05) is 0 Å². The Bertz CT molecular complexity index is 355. The molecule has 0 atom stereocenters. The number of carbonyl (C=O) groups is 1. The number of hydrogen-bond donors (Lipinski definition) is 3.